The molecule has 0 fully saturated rings. The molecule has 0 aliphatic rings. The molecule has 0 spiro atoms. The van der Waals surface area contributed by atoms with E-state index in [1.54, 1.807) is 0 Å². The van der Waals surface area contributed by atoms with Crippen molar-refractivity contribution >= 4 is 11.3 Å². The van der Waals surface area contributed by atoms with Crippen molar-refractivity contribution in [3.63, 3.8) is 0 Å². The van der Waals surface area contributed by atoms with E-state index >= 15 is 0 Å². The standard InChI is InChI=1S/C26H31NOS/c1-3-5-7-8-9-10-25-20-27-26(29-25)23-13-11-21(12-14-23)22-15-17-24(18-16-22)28-19-6-4-2/h4,6,11-18,20H,3,5,7-10,19H2,1-2H3. The second kappa shape index (κ2) is 11.6. The van der Waals surface area contributed by atoms with Crippen LogP contribution in [0.5, 0.6) is 5.75 Å². The molecule has 0 atom stereocenters. The molecule has 0 radical (unpaired) electrons. The van der Waals surface area contributed by atoms with Crippen molar-refractivity contribution in [3.05, 3.63) is 71.8 Å². The summed E-state index contributed by atoms with van der Waals surface area (Å²) in [5, 5.41) is 1.12. The summed E-state index contributed by atoms with van der Waals surface area (Å²) < 4.78 is 5.67. The number of unbranched alkanes of at least 4 members (excludes halogenated alkanes) is 4. The Kier molecular flexibility index (Phi) is 8.51. The van der Waals surface area contributed by atoms with Gasteiger partial charge >= 0.3 is 0 Å². The molecule has 0 amide bonds. The SMILES string of the molecule is CC=CCOc1ccc(-c2ccc(-c3ncc(CCCCCCC)s3)cc2)cc1. The van der Waals surface area contributed by atoms with Crippen molar-refractivity contribution < 1.29 is 4.74 Å². The number of allylic oxidation sites excluding steroid dienone is 1. The van der Waals surface area contributed by atoms with Gasteiger partial charge in [0.2, 0.25) is 0 Å². The van der Waals surface area contributed by atoms with Gasteiger partial charge in [0.05, 0.1) is 0 Å². The fraction of sp³-hybridized carbons (Fsp3) is 0.346. The summed E-state index contributed by atoms with van der Waals surface area (Å²) in [4.78, 5) is 6.04. The Morgan fingerprint density at radius 2 is 1.52 bits per heavy atom. The van der Waals surface area contributed by atoms with Gasteiger partial charge in [-0.3, -0.25) is 0 Å². The molecule has 1 aromatic heterocycles. The Bertz CT molecular complexity index is 878. The van der Waals surface area contributed by atoms with Crippen molar-refractivity contribution in [1.82, 2.24) is 4.98 Å². The molecule has 2 nitrogen and oxygen atoms in total. The molecule has 0 saturated heterocycles. The first kappa shape index (κ1) is 21.3. The molecule has 3 rings (SSSR count). The normalized spacial score (nSPS) is 11.2. The highest BCUT2D eigenvalue weighted by atomic mass is 32.1. The highest BCUT2D eigenvalue weighted by molar-refractivity contribution is 7.15. The number of aryl methyl sites for hydroxylation is 1. The molecule has 0 aliphatic heterocycles. The summed E-state index contributed by atoms with van der Waals surface area (Å²) in [5.41, 5.74) is 3.60. The first-order valence-electron chi connectivity index (χ1n) is 10.7. The quantitative estimate of drug-likeness (QED) is 0.238. The molecule has 0 bridgehead atoms. The van der Waals surface area contributed by atoms with Gasteiger partial charge in [-0.15, -0.1) is 11.3 Å². The van der Waals surface area contributed by atoms with Crippen LogP contribution in [0, 0.1) is 0 Å². The van der Waals surface area contributed by atoms with Gasteiger partial charge < -0.3 is 4.74 Å². The molecule has 3 aromatic rings. The molecule has 0 aliphatic carbocycles. The Labute approximate surface area is 179 Å². The summed E-state index contributed by atoms with van der Waals surface area (Å²) >= 11 is 1.83. The third-order valence-electron chi connectivity index (χ3n) is 4.98. The average molecular weight is 406 g/mol. The molecule has 3 heteroatoms. The summed E-state index contributed by atoms with van der Waals surface area (Å²) in [6, 6.07) is 17.0. The van der Waals surface area contributed by atoms with E-state index < -0.39 is 0 Å². The van der Waals surface area contributed by atoms with Crippen LogP contribution < -0.4 is 4.74 Å². The van der Waals surface area contributed by atoms with Gasteiger partial charge in [-0.25, -0.2) is 4.98 Å². The van der Waals surface area contributed by atoms with Gasteiger partial charge in [-0.1, -0.05) is 81.2 Å². The zero-order valence-corrected chi connectivity index (χ0v) is 18.4. The summed E-state index contributed by atoms with van der Waals surface area (Å²) in [6.07, 6.45) is 13.8. The fourth-order valence-corrected chi connectivity index (χ4v) is 4.21. The summed E-state index contributed by atoms with van der Waals surface area (Å²) in [7, 11) is 0. The van der Waals surface area contributed by atoms with Crippen LogP contribution in [0.4, 0.5) is 0 Å². The van der Waals surface area contributed by atoms with E-state index in [2.05, 4.69) is 54.5 Å². The van der Waals surface area contributed by atoms with E-state index in [1.807, 2.05) is 42.5 Å². The van der Waals surface area contributed by atoms with Crippen LogP contribution in [0.2, 0.25) is 0 Å². The van der Waals surface area contributed by atoms with E-state index in [4.69, 9.17) is 4.74 Å². The molecule has 0 unspecified atom stereocenters. The third-order valence-corrected chi connectivity index (χ3v) is 6.09. The maximum atomic E-state index is 5.67. The number of ether oxygens (including phenoxy) is 1. The average Bonchev–Trinajstić information content (AvgIpc) is 3.23. The van der Waals surface area contributed by atoms with E-state index in [0.29, 0.717) is 6.61 Å². The number of thiazole rings is 1. The number of nitrogens with zero attached hydrogens (tertiary/aromatic N) is 1. The van der Waals surface area contributed by atoms with E-state index in [-0.39, 0.29) is 0 Å². The van der Waals surface area contributed by atoms with Crippen LogP contribution in [-0.4, -0.2) is 11.6 Å². The maximum Gasteiger partial charge on any atom is 0.123 e. The van der Waals surface area contributed by atoms with Crippen molar-refractivity contribution in [2.24, 2.45) is 0 Å². The predicted molar refractivity (Wildman–Crippen MR) is 126 cm³/mol. The van der Waals surface area contributed by atoms with Crippen LogP contribution in [0.3, 0.4) is 0 Å². The van der Waals surface area contributed by atoms with E-state index in [0.717, 1.165) is 17.2 Å². The lowest BCUT2D eigenvalue weighted by atomic mass is 10.0. The van der Waals surface area contributed by atoms with Gasteiger partial charge in [0.1, 0.15) is 17.4 Å². The highest BCUT2D eigenvalue weighted by Crippen LogP contribution is 2.29. The van der Waals surface area contributed by atoms with Crippen molar-refractivity contribution in [3.8, 4) is 27.4 Å². The molecule has 2 aromatic carbocycles. The molecule has 152 valence electrons. The maximum absolute atomic E-state index is 5.67. The van der Waals surface area contributed by atoms with Crippen molar-refractivity contribution in [2.75, 3.05) is 6.61 Å². The summed E-state index contributed by atoms with van der Waals surface area (Å²) in [6.45, 7) is 4.87. The number of hydrogen-bond donors (Lipinski definition) is 0. The van der Waals surface area contributed by atoms with Gasteiger partial charge in [-0.2, -0.15) is 0 Å². The Morgan fingerprint density at radius 3 is 2.21 bits per heavy atom. The minimum atomic E-state index is 0.610. The zero-order chi connectivity index (χ0) is 20.3. The van der Waals surface area contributed by atoms with Crippen LogP contribution >= 0.6 is 11.3 Å². The van der Waals surface area contributed by atoms with E-state index in [9.17, 15) is 0 Å². The topological polar surface area (TPSA) is 22.1 Å². The third kappa shape index (κ3) is 6.57. The largest absolute Gasteiger partial charge is 0.490 e. The Morgan fingerprint density at radius 1 is 0.862 bits per heavy atom. The molecule has 0 saturated carbocycles. The van der Waals surface area contributed by atoms with Crippen molar-refractivity contribution in [2.45, 2.75) is 52.4 Å². The lowest BCUT2D eigenvalue weighted by Gasteiger charge is -2.06. The minimum Gasteiger partial charge on any atom is -0.490 e. The van der Waals surface area contributed by atoms with Gasteiger partial charge in [0, 0.05) is 16.6 Å². The smallest absolute Gasteiger partial charge is 0.123 e. The number of aromatic nitrogens is 1. The lowest BCUT2D eigenvalue weighted by molar-refractivity contribution is 0.363. The molecule has 1 heterocycles. The van der Waals surface area contributed by atoms with E-state index in [1.165, 1.54) is 53.7 Å². The first-order valence-corrected chi connectivity index (χ1v) is 11.5. The van der Waals surface area contributed by atoms with Crippen LogP contribution in [0.1, 0.15) is 50.8 Å². The predicted octanol–water partition coefficient (Wildman–Crippen LogP) is 7.94. The number of rotatable bonds is 11. The monoisotopic (exact) mass is 405 g/mol. The Balaban J connectivity index is 1.57. The van der Waals surface area contributed by atoms with Gasteiger partial charge in [0.15, 0.2) is 0 Å². The van der Waals surface area contributed by atoms with Gasteiger partial charge in [0.25, 0.3) is 0 Å². The fourth-order valence-electron chi connectivity index (χ4n) is 3.25. The van der Waals surface area contributed by atoms with Gasteiger partial charge in [-0.05, 0) is 43.0 Å². The highest BCUT2D eigenvalue weighted by Gasteiger charge is 2.06. The molecule has 0 N–H and O–H groups in total. The summed E-state index contributed by atoms with van der Waals surface area (Å²) in [5.74, 6) is 0.897. The van der Waals surface area contributed by atoms with Crippen LogP contribution in [0.15, 0.2) is 66.9 Å². The van der Waals surface area contributed by atoms with Crippen molar-refractivity contribution in [1.29, 1.82) is 0 Å². The zero-order valence-electron chi connectivity index (χ0n) is 17.6. The van der Waals surface area contributed by atoms with Crippen LogP contribution in [-0.2, 0) is 6.42 Å². The van der Waals surface area contributed by atoms with Crippen LogP contribution in [0.25, 0.3) is 21.7 Å². The second-order valence-electron chi connectivity index (χ2n) is 7.28. The minimum absolute atomic E-state index is 0.610. The molecule has 29 heavy (non-hydrogen) atoms. The first-order chi connectivity index (χ1) is 14.3. The molecular formula is C26H31NOS. The Hall–Kier alpha value is -2.39. The number of hydrogen-bond acceptors (Lipinski definition) is 3. The lowest BCUT2D eigenvalue weighted by Crippen LogP contribution is -1.92. The second-order valence-corrected chi connectivity index (χ2v) is 8.39. The molecular weight excluding hydrogens is 374 g/mol. The number of benzene rings is 2.